The molecular formula is C12H18N2OS. The Balaban J connectivity index is 1.67. The zero-order valence-corrected chi connectivity index (χ0v) is 10.3. The lowest BCUT2D eigenvalue weighted by molar-refractivity contribution is -0.120. The van der Waals surface area contributed by atoms with Crippen molar-refractivity contribution in [2.45, 2.75) is 12.8 Å². The van der Waals surface area contributed by atoms with Crippen LogP contribution in [-0.4, -0.2) is 43.4 Å². The molecule has 0 spiro atoms. The molecule has 16 heavy (non-hydrogen) atoms. The normalized spacial score (nSPS) is 17.5. The number of carbonyl (C=O) groups excluding carboxylic acids is 1. The van der Waals surface area contributed by atoms with Crippen molar-refractivity contribution in [2.75, 3.05) is 32.7 Å². The molecule has 88 valence electrons. The van der Waals surface area contributed by atoms with Crippen molar-refractivity contribution in [3.05, 3.63) is 22.4 Å². The molecule has 1 aliphatic heterocycles. The molecule has 0 unspecified atom stereocenters. The Labute approximate surface area is 100 Å². The number of nitrogens with one attached hydrogen (secondary N) is 1. The number of rotatable bonds is 5. The van der Waals surface area contributed by atoms with Gasteiger partial charge in [-0.15, -0.1) is 0 Å². The summed E-state index contributed by atoms with van der Waals surface area (Å²) in [6.45, 7) is 4.66. The highest BCUT2D eigenvalue weighted by Crippen LogP contribution is 2.08. The zero-order valence-electron chi connectivity index (χ0n) is 9.45. The monoisotopic (exact) mass is 238 g/mol. The molecule has 0 aromatic carbocycles. The number of thiophene rings is 1. The molecule has 1 N–H and O–H groups in total. The van der Waals surface area contributed by atoms with Gasteiger partial charge in [0.15, 0.2) is 0 Å². The molecule has 0 aliphatic carbocycles. The summed E-state index contributed by atoms with van der Waals surface area (Å²) in [5.74, 6) is 0.369. The van der Waals surface area contributed by atoms with Gasteiger partial charge in [-0.05, 0) is 28.8 Å². The third-order valence-corrected chi connectivity index (χ3v) is 3.61. The molecule has 0 saturated carbocycles. The maximum Gasteiger partial charge on any atom is 0.147 e. The molecule has 1 saturated heterocycles. The van der Waals surface area contributed by atoms with Crippen molar-refractivity contribution >= 4 is 17.1 Å². The van der Waals surface area contributed by atoms with Crippen LogP contribution in [0.2, 0.25) is 0 Å². The van der Waals surface area contributed by atoms with Gasteiger partial charge in [0.1, 0.15) is 5.78 Å². The van der Waals surface area contributed by atoms with E-state index < -0.39 is 0 Å². The smallest absolute Gasteiger partial charge is 0.147 e. The van der Waals surface area contributed by atoms with Gasteiger partial charge < -0.3 is 5.32 Å². The standard InChI is InChI=1S/C12H18N2OS/c15-12(2-1-11-3-8-16-10-11)9-14-6-4-13-5-7-14/h3,8,10,13H,1-2,4-7,9H2. The first-order valence-electron chi connectivity index (χ1n) is 5.80. The molecule has 0 atom stereocenters. The fourth-order valence-corrected chi connectivity index (χ4v) is 2.62. The summed E-state index contributed by atoms with van der Waals surface area (Å²) in [5.41, 5.74) is 1.29. The van der Waals surface area contributed by atoms with Crippen LogP contribution in [-0.2, 0) is 11.2 Å². The van der Waals surface area contributed by atoms with Gasteiger partial charge in [0, 0.05) is 32.6 Å². The van der Waals surface area contributed by atoms with Gasteiger partial charge in [-0.1, -0.05) is 0 Å². The minimum absolute atomic E-state index is 0.369. The highest BCUT2D eigenvalue weighted by molar-refractivity contribution is 7.07. The van der Waals surface area contributed by atoms with Crippen molar-refractivity contribution in [1.29, 1.82) is 0 Å². The molecule has 2 rings (SSSR count). The summed E-state index contributed by atoms with van der Waals surface area (Å²) >= 11 is 1.70. The van der Waals surface area contributed by atoms with Gasteiger partial charge >= 0.3 is 0 Å². The Morgan fingerprint density at radius 3 is 2.94 bits per heavy atom. The average Bonchev–Trinajstić information content (AvgIpc) is 2.81. The van der Waals surface area contributed by atoms with Gasteiger partial charge in [0.05, 0.1) is 6.54 Å². The molecule has 1 aromatic heterocycles. The predicted octanol–water partition coefficient (Wildman–Crippen LogP) is 1.16. The molecule has 0 bridgehead atoms. The molecule has 1 aliphatic rings. The van der Waals surface area contributed by atoms with Gasteiger partial charge in [-0.2, -0.15) is 11.3 Å². The quantitative estimate of drug-likeness (QED) is 0.835. The van der Waals surface area contributed by atoms with E-state index in [9.17, 15) is 4.79 Å². The van der Waals surface area contributed by atoms with E-state index in [0.29, 0.717) is 18.7 Å². The van der Waals surface area contributed by atoms with Crippen molar-refractivity contribution in [2.24, 2.45) is 0 Å². The van der Waals surface area contributed by atoms with Gasteiger partial charge in [0.2, 0.25) is 0 Å². The Kier molecular flexibility index (Phi) is 4.51. The number of Topliss-reactive ketones (excluding diaryl/α,β-unsaturated/α-hetero) is 1. The second kappa shape index (κ2) is 6.13. The first kappa shape index (κ1) is 11.8. The van der Waals surface area contributed by atoms with Gasteiger partial charge in [-0.3, -0.25) is 9.69 Å². The molecule has 1 fully saturated rings. The van der Waals surface area contributed by atoms with Crippen LogP contribution in [0.25, 0.3) is 0 Å². The topological polar surface area (TPSA) is 32.3 Å². The van der Waals surface area contributed by atoms with E-state index in [-0.39, 0.29) is 0 Å². The van der Waals surface area contributed by atoms with Crippen LogP contribution in [0.15, 0.2) is 16.8 Å². The summed E-state index contributed by atoms with van der Waals surface area (Å²) < 4.78 is 0. The van der Waals surface area contributed by atoms with Crippen molar-refractivity contribution in [3.63, 3.8) is 0 Å². The molecule has 1 aromatic rings. The van der Waals surface area contributed by atoms with Crippen LogP contribution >= 0.6 is 11.3 Å². The molecular weight excluding hydrogens is 220 g/mol. The first-order chi connectivity index (χ1) is 7.84. The van der Waals surface area contributed by atoms with Crippen LogP contribution in [0.3, 0.4) is 0 Å². The SMILES string of the molecule is O=C(CCc1ccsc1)CN1CCNCC1. The Bertz CT molecular complexity index is 318. The number of piperazine rings is 1. The van der Waals surface area contributed by atoms with E-state index in [1.165, 1.54) is 5.56 Å². The van der Waals surface area contributed by atoms with E-state index in [2.05, 4.69) is 27.0 Å². The largest absolute Gasteiger partial charge is 0.314 e. The van der Waals surface area contributed by atoms with Crippen LogP contribution in [0, 0.1) is 0 Å². The van der Waals surface area contributed by atoms with Crippen LogP contribution in [0.5, 0.6) is 0 Å². The number of aryl methyl sites for hydroxylation is 1. The third kappa shape index (κ3) is 3.70. The molecule has 2 heterocycles. The van der Waals surface area contributed by atoms with E-state index in [1.54, 1.807) is 11.3 Å². The van der Waals surface area contributed by atoms with E-state index >= 15 is 0 Å². The Hall–Kier alpha value is -0.710. The van der Waals surface area contributed by atoms with E-state index in [0.717, 1.165) is 32.6 Å². The van der Waals surface area contributed by atoms with Crippen molar-refractivity contribution in [1.82, 2.24) is 10.2 Å². The van der Waals surface area contributed by atoms with Gasteiger partial charge in [-0.25, -0.2) is 0 Å². The minimum atomic E-state index is 0.369. The first-order valence-corrected chi connectivity index (χ1v) is 6.75. The fourth-order valence-electron chi connectivity index (χ4n) is 1.92. The maximum atomic E-state index is 11.7. The molecule has 0 amide bonds. The lowest BCUT2D eigenvalue weighted by atomic mass is 10.1. The van der Waals surface area contributed by atoms with Crippen molar-refractivity contribution < 1.29 is 4.79 Å². The summed E-state index contributed by atoms with van der Waals surface area (Å²) in [7, 11) is 0. The highest BCUT2D eigenvalue weighted by atomic mass is 32.1. The minimum Gasteiger partial charge on any atom is -0.314 e. The Morgan fingerprint density at radius 1 is 1.44 bits per heavy atom. The number of hydrogen-bond acceptors (Lipinski definition) is 4. The molecule has 0 radical (unpaired) electrons. The van der Waals surface area contributed by atoms with Crippen molar-refractivity contribution in [3.8, 4) is 0 Å². The van der Waals surface area contributed by atoms with Crippen LogP contribution in [0.4, 0.5) is 0 Å². The maximum absolute atomic E-state index is 11.7. The average molecular weight is 238 g/mol. The third-order valence-electron chi connectivity index (χ3n) is 2.88. The summed E-state index contributed by atoms with van der Waals surface area (Å²) in [6, 6.07) is 2.10. The number of carbonyl (C=O) groups is 1. The predicted molar refractivity (Wildman–Crippen MR) is 67.0 cm³/mol. The number of ketones is 1. The second-order valence-electron chi connectivity index (χ2n) is 4.20. The van der Waals surface area contributed by atoms with E-state index in [1.807, 2.05) is 0 Å². The van der Waals surface area contributed by atoms with Gasteiger partial charge in [0.25, 0.3) is 0 Å². The van der Waals surface area contributed by atoms with Crippen LogP contribution in [0.1, 0.15) is 12.0 Å². The number of nitrogens with zero attached hydrogens (tertiary/aromatic N) is 1. The highest BCUT2D eigenvalue weighted by Gasteiger charge is 2.13. The fraction of sp³-hybridized carbons (Fsp3) is 0.583. The second-order valence-corrected chi connectivity index (χ2v) is 4.98. The number of hydrogen-bond donors (Lipinski definition) is 1. The summed E-state index contributed by atoms with van der Waals surface area (Å²) in [4.78, 5) is 14.0. The lowest BCUT2D eigenvalue weighted by Gasteiger charge is -2.26. The van der Waals surface area contributed by atoms with Crippen LogP contribution < -0.4 is 5.32 Å². The zero-order chi connectivity index (χ0) is 11.2. The summed E-state index contributed by atoms with van der Waals surface area (Å²) in [6.07, 6.45) is 1.58. The molecule has 4 heteroatoms. The Morgan fingerprint density at radius 2 is 2.25 bits per heavy atom. The lowest BCUT2D eigenvalue weighted by Crippen LogP contribution is -2.45. The van der Waals surface area contributed by atoms with E-state index in [4.69, 9.17) is 0 Å². The summed E-state index contributed by atoms with van der Waals surface area (Å²) in [5, 5.41) is 7.48. The molecule has 3 nitrogen and oxygen atoms in total.